The van der Waals surface area contributed by atoms with Crippen molar-refractivity contribution in [2.75, 3.05) is 7.11 Å². The monoisotopic (exact) mass is 337 g/mol. The Bertz CT molecular complexity index is 764. The number of rotatable bonds is 5. The third-order valence-corrected chi connectivity index (χ3v) is 5.54. The molecule has 0 saturated carbocycles. The van der Waals surface area contributed by atoms with E-state index >= 15 is 0 Å². The normalized spacial score (nSPS) is 24.1. The Morgan fingerprint density at radius 1 is 1.30 bits per heavy atom. The van der Waals surface area contributed by atoms with Gasteiger partial charge in [-0.1, -0.05) is 25.2 Å². The van der Waals surface area contributed by atoms with E-state index in [2.05, 4.69) is 4.72 Å². The molecule has 1 aromatic rings. The van der Waals surface area contributed by atoms with Crippen molar-refractivity contribution >= 4 is 16.0 Å². The largest absolute Gasteiger partial charge is 0.497 e. The lowest BCUT2D eigenvalue weighted by atomic mass is 9.77. The molecule has 2 atom stereocenters. The summed E-state index contributed by atoms with van der Waals surface area (Å²) in [4.78, 5) is 11.9. The van der Waals surface area contributed by atoms with Crippen LogP contribution >= 0.6 is 0 Å². The molecule has 1 aromatic carbocycles. The number of carboxylic acid groups (broad SMARTS) is 1. The van der Waals surface area contributed by atoms with Crippen LogP contribution in [0, 0.1) is 5.92 Å². The highest BCUT2D eigenvalue weighted by molar-refractivity contribution is 7.89. The van der Waals surface area contributed by atoms with Crippen LogP contribution in [-0.2, 0) is 14.8 Å². The molecule has 1 aliphatic carbocycles. The van der Waals surface area contributed by atoms with Crippen LogP contribution in [0.2, 0.25) is 0 Å². The fraction of sp³-hybridized carbons (Fsp3) is 0.312. The number of ether oxygens (including phenoxy) is 1. The van der Waals surface area contributed by atoms with Crippen molar-refractivity contribution < 1.29 is 23.1 Å². The first kappa shape index (κ1) is 17.2. The van der Waals surface area contributed by atoms with E-state index in [0.29, 0.717) is 11.3 Å². The van der Waals surface area contributed by atoms with Crippen LogP contribution in [-0.4, -0.2) is 32.1 Å². The van der Waals surface area contributed by atoms with Gasteiger partial charge >= 0.3 is 5.97 Å². The molecular formula is C16H19NO5S. The summed E-state index contributed by atoms with van der Waals surface area (Å²) in [5.74, 6) is -1.25. The molecule has 0 fully saturated rings. The minimum Gasteiger partial charge on any atom is -0.497 e. The van der Waals surface area contributed by atoms with Gasteiger partial charge in [0, 0.05) is 5.92 Å². The van der Waals surface area contributed by atoms with E-state index in [1.807, 2.05) is 0 Å². The number of methoxy groups -OCH3 is 1. The van der Waals surface area contributed by atoms with E-state index in [4.69, 9.17) is 4.74 Å². The van der Waals surface area contributed by atoms with Crippen LogP contribution in [0.15, 0.2) is 53.0 Å². The molecule has 0 aliphatic heterocycles. The molecular weight excluding hydrogens is 318 g/mol. The zero-order valence-corrected chi connectivity index (χ0v) is 13.9. The highest BCUT2D eigenvalue weighted by atomic mass is 32.2. The second kappa shape index (κ2) is 6.17. The van der Waals surface area contributed by atoms with E-state index in [9.17, 15) is 18.3 Å². The predicted molar refractivity (Wildman–Crippen MR) is 85.7 cm³/mol. The van der Waals surface area contributed by atoms with Gasteiger partial charge in [-0.3, -0.25) is 0 Å². The molecule has 1 aliphatic rings. The number of aliphatic carboxylic acids is 1. The van der Waals surface area contributed by atoms with Crippen molar-refractivity contribution in [1.29, 1.82) is 0 Å². The van der Waals surface area contributed by atoms with Gasteiger partial charge in [-0.05, 0) is 36.8 Å². The number of sulfonamides is 1. The second-order valence-corrected chi connectivity index (χ2v) is 7.10. The molecule has 0 radical (unpaired) electrons. The van der Waals surface area contributed by atoms with Crippen LogP contribution in [0.1, 0.15) is 13.8 Å². The first-order chi connectivity index (χ1) is 10.7. The van der Waals surface area contributed by atoms with Crippen LogP contribution in [0.5, 0.6) is 5.75 Å². The van der Waals surface area contributed by atoms with Gasteiger partial charge in [0.1, 0.15) is 5.75 Å². The molecule has 0 bridgehead atoms. The lowest BCUT2D eigenvalue weighted by molar-refractivity contribution is -0.143. The summed E-state index contributed by atoms with van der Waals surface area (Å²) in [6.45, 7) is 3.27. The fourth-order valence-electron chi connectivity index (χ4n) is 2.61. The molecule has 0 amide bonds. The quantitative estimate of drug-likeness (QED) is 0.857. The van der Waals surface area contributed by atoms with Gasteiger partial charge in [-0.2, -0.15) is 4.72 Å². The summed E-state index contributed by atoms with van der Waals surface area (Å²) >= 11 is 0. The summed E-state index contributed by atoms with van der Waals surface area (Å²) in [6.07, 6.45) is 4.99. The molecule has 0 spiro atoms. The third-order valence-electron chi connectivity index (χ3n) is 4.05. The van der Waals surface area contributed by atoms with Crippen molar-refractivity contribution in [3.05, 3.63) is 48.1 Å². The lowest BCUT2D eigenvalue weighted by Gasteiger charge is -2.37. The molecule has 0 heterocycles. The summed E-state index contributed by atoms with van der Waals surface area (Å²) in [6, 6.07) is 5.77. The number of benzene rings is 1. The zero-order valence-electron chi connectivity index (χ0n) is 13.1. The van der Waals surface area contributed by atoms with Gasteiger partial charge in [0.05, 0.1) is 12.0 Å². The van der Waals surface area contributed by atoms with Gasteiger partial charge in [0.15, 0.2) is 5.54 Å². The van der Waals surface area contributed by atoms with Crippen molar-refractivity contribution in [3.63, 3.8) is 0 Å². The average molecular weight is 337 g/mol. The Kier molecular flexibility index (Phi) is 4.63. The molecule has 0 aromatic heterocycles. The first-order valence-electron chi connectivity index (χ1n) is 7.01. The summed E-state index contributed by atoms with van der Waals surface area (Å²) in [7, 11) is -2.54. The third kappa shape index (κ3) is 3.02. The highest BCUT2D eigenvalue weighted by Crippen LogP contribution is 2.33. The smallest absolute Gasteiger partial charge is 0.329 e. The number of carboxylic acids is 1. The number of allylic oxidation sites excluding steroid dienone is 2. The van der Waals surface area contributed by atoms with E-state index in [0.717, 1.165) is 0 Å². The van der Waals surface area contributed by atoms with Crippen molar-refractivity contribution in [2.24, 2.45) is 5.92 Å². The van der Waals surface area contributed by atoms with Crippen LogP contribution in [0.25, 0.3) is 0 Å². The zero-order chi connectivity index (χ0) is 17.3. The van der Waals surface area contributed by atoms with Crippen molar-refractivity contribution in [3.8, 4) is 5.75 Å². The Morgan fingerprint density at radius 2 is 1.91 bits per heavy atom. The maximum Gasteiger partial charge on any atom is 0.329 e. The Labute approximate surface area is 135 Å². The topological polar surface area (TPSA) is 92.7 Å². The summed E-state index contributed by atoms with van der Waals surface area (Å²) < 4.78 is 32.6. The van der Waals surface area contributed by atoms with Crippen molar-refractivity contribution in [2.45, 2.75) is 24.3 Å². The highest BCUT2D eigenvalue weighted by Gasteiger charge is 2.48. The molecule has 6 nitrogen and oxygen atoms in total. The van der Waals surface area contributed by atoms with Gasteiger partial charge in [-0.25, -0.2) is 13.2 Å². The Balaban J connectivity index is 2.45. The average Bonchev–Trinajstić information content (AvgIpc) is 2.51. The predicted octanol–water partition coefficient (Wildman–Crippen LogP) is 1.95. The van der Waals surface area contributed by atoms with E-state index in [1.54, 1.807) is 32.1 Å². The van der Waals surface area contributed by atoms with Gasteiger partial charge in [-0.15, -0.1) is 0 Å². The number of hydrogen-bond donors (Lipinski definition) is 2. The Hall–Kier alpha value is -2.12. The van der Waals surface area contributed by atoms with E-state index < -0.39 is 27.4 Å². The minimum absolute atomic E-state index is 0.0199. The summed E-state index contributed by atoms with van der Waals surface area (Å²) in [5, 5.41) is 9.70. The maximum atomic E-state index is 12.6. The second-order valence-electron chi connectivity index (χ2n) is 5.42. The van der Waals surface area contributed by atoms with Crippen LogP contribution < -0.4 is 9.46 Å². The molecule has 2 unspecified atom stereocenters. The molecule has 0 saturated heterocycles. The van der Waals surface area contributed by atoms with Crippen LogP contribution in [0.4, 0.5) is 0 Å². The first-order valence-corrected chi connectivity index (χ1v) is 8.49. The Morgan fingerprint density at radius 3 is 2.39 bits per heavy atom. The van der Waals surface area contributed by atoms with Gasteiger partial charge in [0.25, 0.3) is 0 Å². The summed E-state index contributed by atoms with van der Waals surface area (Å²) in [5.41, 5.74) is -1.27. The standard InChI is InChI=1S/C16H19NO5S/c1-11-5-4-6-12(2)16(11,15(18)19)17-23(20,21)14-9-7-13(22-3)8-10-14/h4-11,17H,1-3H3,(H,18,19). The molecule has 23 heavy (non-hydrogen) atoms. The maximum absolute atomic E-state index is 12.6. The van der Waals surface area contributed by atoms with E-state index in [1.165, 1.54) is 31.4 Å². The number of carbonyl (C=O) groups is 1. The number of hydrogen-bond acceptors (Lipinski definition) is 4. The molecule has 124 valence electrons. The lowest BCUT2D eigenvalue weighted by Crippen LogP contribution is -2.59. The van der Waals surface area contributed by atoms with Crippen LogP contribution in [0.3, 0.4) is 0 Å². The fourth-order valence-corrected chi connectivity index (χ4v) is 4.08. The molecule has 7 heteroatoms. The molecule has 2 rings (SSSR count). The minimum atomic E-state index is -4.02. The van der Waals surface area contributed by atoms with E-state index in [-0.39, 0.29) is 4.90 Å². The van der Waals surface area contributed by atoms with Gasteiger partial charge < -0.3 is 9.84 Å². The van der Waals surface area contributed by atoms with Crippen molar-refractivity contribution in [1.82, 2.24) is 4.72 Å². The molecule has 2 N–H and O–H groups in total. The SMILES string of the molecule is COc1ccc(S(=O)(=O)NC2(C(=O)O)C(C)=CC=CC2C)cc1. The number of nitrogens with one attached hydrogen (secondary N) is 1. The van der Waals surface area contributed by atoms with Gasteiger partial charge in [0.2, 0.25) is 10.0 Å².